The lowest BCUT2D eigenvalue weighted by Crippen LogP contribution is -2.37. The van der Waals surface area contributed by atoms with Crippen molar-refractivity contribution < 1.29 is 8.78 Å². The zero-order valence-electron chi connectivity index (χ0n) is 7.17. The molecule has 0 unspecified atom stereocenters. The average Bonchev–Trinajstić information content (AvgIpc) is 2.23. The molecule has 0 saturated carbocycles. The van der Waals surface area contributed by atoms with Gasteiger partial charge in [-0.15, -0.1) is 0 Å². The maximum atomic E-state index is 13.5. The number of hydrogen-bond acceptors (Lipinski definition) is 2. The largest absolute Gasteiger partial charge is 0.330 e. The molecule has 0 radical (unpaired) electrons. The van der Waals surface area contributed by atoms with Crippen LogP contribution in [0.2, 0.25) is 0 Å². The van der Waals surface area contributed by atoms with E-state index in [9.17, 15) is 8.78 Å². The molecule has 0 aromatic heterocycles. The first-order chi connectivity index (χ1) is 6.72. The zero-order valence-corrected chi connectivity index (χ0v) is 8.76. The monoisotopic (exact) mass is 260 g/mol. The van der Waals surface area contributed by atoms with Gasteiger partial charge in [0.1, 0.15) is 12.5 Å². The van der Waals surface area contributed by atoms with Gasteiger partial charge in [0.05, 0.1) is 15.0 Å². The summed E-state index contributed by atoms with van der Waals surface area (Å²) in [6.45, 7) is -0.417. The molecule has 14 heavy (non-hydrogen) atoms. The molecular formula is C9H7BrF2N2. The van der Waals surface area contributed by atoms with Crippen LogP contribution < -0.4 is 10.6 Å². The molecule has 1 aromatic rings. The van der Waals surface area contributed by atoms with Crippen LogP contribution >= 0.6 is 15.9 Å². The van der Waals surface area contributed by atoms with E-state index in [1.54, 1.807) is 12.1 Å². The molecule has 0 aliphatic carbocycles. The van der Waals surface area contributed by atoms with Crippen molar-refractivity contribution in [2.24, 2.45) is 4.99 Å². The SMILES string of the molecule is FCN1C=c2c(F)c(Br)ccc2=NC1. The van der Waals surface area contributed by atoms with E-state index in [-0.39, 0.29) is 6.67 Å². The molecule has 0 fully saturated rings. The molecule has 1 aliphatic rings. The predicted octanol–water partition coefficient (Wildman–Crippen LogP) is 1.15. The molecule has 0 N–H and O–H groups in total. The summed E-state index contributed by atoms with van der Waals surface area (Å²) in [6.07, 6.45) is 1.45. The Morgan fingerprint density at radius 2 is 2.29 bits per heavy atom. The second kappa shape index (κ2) is 3.65. The lowest BCUT2D eigenvalue weighted by atomic mass is 10.2. The number of halogens is 3. The molecule has 0 atom stereocenters. The highest BCUT2D eigenvalue weighted by atomic mass is 79.9. The first-order valence-electron chi connectivity index (χ1n) is 4.03. The highest BCUT2D eigenvalue weighted by molar-refractivity contribution is 9.10. The van der Waals surface area contributed by atoms with Gasteiger partial charge in [0.15, 0.2) is 6.80 Å². The van der Waals surface area contributed by atoms with Crippen LogP contribution in [0.5, 0.6) is 0 Å². The maximum absolute atomic E-state index is 13.5. The summed E-state index contributed by atoms with van der Waals surface area (Å²) < 4.78 is 26.2. The van der Waals surface area contributed by atoms with Crippen LogP contribution in [-0.4, -0.2) is 18.4 Å². The standard InChI is InChI=1S/C9H7BrF2N2/c10-7-1-2-8-6(9(7)12)3-14(4-11)5-13-8/h1-3H,4-5H2. The Kier molecular flexibility index (Phi) is 2.50. The quantitative estimate of drug-likeness (QED) is 0.692. The number of benzene rings is 1. The third-order valence-electron chi connectivity index (χ3n) is 2.00. The number of alkyl halides is 1. The van der Waals surface area contributed by atoms with Gasteiger partial charge in [-0.3, -0.25) is 4.99 Å². The van der Waals surface area contributed by atoms with Gasteiger partial charge in [-0.05, 0) is 28.1 Å². The third kappa shape index (κ3) is 1.52. The van der Waals surface area contributed by atoms with E-state index in [1.165, 1.54) is 11.1 Å². The summed E-state index contributed by atoms with van der Waals surface area (Å²) in [5.41, 5.74) is 0. The molecule has 74 valence electrons. The molecule has 2 rings (SSSR count). The third-order valence-corrected chi connectivity index (χ3v) is 2.61. The Morgan fingerprint density at radius 3 is 3.00 bits per heavy atom. The van der Waals surface area contributed by atoms with Gasteiger partial charge < -0.3 is 4.90 Å². The molecule has 1 aliphatic heterocycles. The molecule has 1 aromatic carbocycles. The topological polar surface area (TPSA) is 15.6 Å². The van der Waals surface area contributed by atoms with Crippen molar-refractivity contribution in [2.75, 3.05) is 13.5 Å². The van der Waals surface area contributed by atoms with Gasteiger partial charge in [0.2, 0.25) is 0 Å². The summed E-state index contributed by atoms with van der Waals surface area (Å²) >= 11 is 3.07. The fourth-order valence-electron chi connectivity index (χ4n) is 1.28. The van der Waals surface area contributed by atoms with E-state index in [2.05, 4.69) is 20.9 Å². The van der Waals surface area contributed by atoms with Crippen LogP contribution in [0, 0.1) is 5.82 Å². The molecule has 5 heteroatoms. The molecular weight excluding hydrogens is 254 g/mol. The van der Waals surface area contributed by atoms with Gasteiger partial charge in [0.25, 0.3) is 0 Å². The van der Waals surface area contributed by atoms with Crippen LogP contribution in [-0.2, 0) is 0 Å². The van der Waals surface area contributed by atoms with E-state index in [0.717, 1.165) is 0 Å². The van der Waals surface area contributed by atoms with E-state index in [4.69, 9.17) is 0 Å². The maximum Gasteiger partial charge on any atom is 0.162 e. The average molecular weight is 261 g/mol. The lowest BCUT2D eigenvalue weighted by molar-refractivity contribution is 0.275. The second-order valence-corrected chi connectivity index (χ2v) is 3.79. The highest BCUT2D eigenvalue weighted by Gasteiger charge is 2.08. The van der Waals surface area contributed by atoms with Crippen molar-refractivity contribution in [3.8, 4) is 0 Å². The fraction of sp³-hybridized carbons (Fsp3) is 0.222. The normalized spacial score (nSPS) is 14.4. The van der Waals surface area contributed by atoms with Gasteiger partial charge in [-0.2, -0.15) is 0 Å². The first kappa shape index (κ1) is 9.58. The Hall–Kier alpha value is -0.970. The van der Waals surface area contributed by atoms with Crippen LogP contribution in [0.1, 0.15) is 0 Å². The smallest absolute Gasteiger partial charge is 0.162 e. The summed E-state index contributed by atoms with van der Waals surface area (Å²) in [6, 6.07) is 3.30. The van der Waals surface area contributed by atoms with Crippen molar-refractivity contribution in [1.82, 2.24) is 4.90 Å². The fourth-order valence-corrected chi connectivity index (χ4v) is 1.63. The van der Waals surface area contributed by atoms with Crippen molar-refractivity contribution in [1.29, 1.82) is 0 Å². The minimum atomic E-state index is -0.658. The van der Waals surface area contributed by atoms with Crippen LogP contribution in [0.4, 0.5) is 8.78 Å². The first-order valence-corrected chi connectivity index (χ1v) is 4.82. The molecule has 2 nitrogen and oxygen atoms in total. The van der Waals surface area contributed by atoms with Crippen molar-refractivity contribution in [3.63, 3.8) is 0 Å². The Labute approximate surface area is 87.7 Å². The highest BCUT2D eigenvalue weighted by Crippen LogP contribution is 2.09. The van der Waals surface area contributed by atoms with E-state index in [1.807, 2.05) is 0 Å². The van der Waals surface area contributed by atoms with Crippen LogP contribution in [0.15, 0.2) is 21.6 Å². The van der Waals surface area contributed by atoms with E-state index >= 15 is 0 Å². The van der Waals surface area contributed by atoms with Crippen molar-refractivity contribution in [2.45, 2.75) is 0 Å². The Morgan fingerprint density at radius 1 is 1.50 bits per heavy atom. The predicted molar refractivity (Wildman–Crippen MR) is 52.0 cm³/mol. The summed E-state index contributed by atoms with van der Waals surface area (Å²) in [5, 5.41) is 0.902. The second-order valence-electron chi connectivity index (χ2n) is 2.93. The van der Waals surface area contributed by atoms with Crippen LogP contribution in [0.3, 0.4) is 0 Å². The van der Waals surface area contributed by atoms with Gasteiger partial charge in [0, 0.05) is 6.20 Å². The van der Waals surface area contributed by atoms with E-state index < -0.39 is 12.6 Å². The Balaban J connectivity index is 2.69. The van der Waals surface area contributed by atoms with Gasteiger partial charge >= 0.3 is 0 Å². The number of nitrogens with zero attached hydrogens (tertiary/aromatic N) is 2. The molecule has 0 saturated heterocycles. The van der Waals surface area contributed by atoms with Gasteiger partial charge in [-0.1, -0.05) is 0 Å². The summed E-state index contributed by atoms with van der Waals surface area (Å²) in [5.74, 6) is -0.399. The molecule has 0 spiro atoms. The minimum Gasteiger partial charge on any atom is -0.330 e. The van der Waals surface area contributed by atoms with Crippen molar-refractivity contribution >= 4 is 22.1 Å². The van der Waals surface area contributed by atoms with Gasteiger partial charge in [-0.25, -0.2) is 8.78 Å². The lowest BCUT2D eigenvalue weighted by Gasteiger charge is -2.16. The van der Waals surface area contributed by atoms with Crippen molar-refractivity contribution in [3.05, 3.63) is 33.0 Å². The van der Waals surface area contributed by atoms with Crippen LogP contribution in [0.25, 0.3) is 6.20 Å². The minimum absolute atomic E-state index is 0.241. The molecule has 0 amide bonds. The summed E-state index contributed by atoms with van der Waals surface area (Å²) in [7, 11) is 0. The zero-order chi connectivity index (χ0) is 10.1. The number of hydrogen-bond donors (Lipinski definition) is 0. The summed E-state index contributed by atoms with van der Waals surface area (Å²) in [4.78, 5) is 5.34. The molecule has 0 bridgehead atoms. The Bertz CT molecular complexity index is 472. The van der Waals surface area contributed by atoms with E-state index in [0.29, 0.717) is 15.0 Å². The molecule has 1 heterocycles. The number of fused-ring (bicyclic) bond motifs is 1. The number of rotatable bonds is 1.